The van der Waals surface area contributed by atoms with E-state index in [1.54, 1.807) is 14.2 Å². The van der Waals surface area contributed by atoms with Gasteiger partial charge in [0.05, 0.1) is 26.0 Å². The lowest BCUT2D eigenvalue weighted by Gasteiger charge is -2.29. The fourth-order valence-corrected chi connectivity index (χ4v) is 5.20. The van der Waals surface area contributed by atoms with Gasteiger partial charge in [-0.15, -0.1) is 0 Å². The molecule has 1 saturated carbocycles. The van der Waals surface area contributed by atoms with Crippen LogP contribution in [0.5, 0.6) is 11.5 Å². The lowest BCUT2D eigenvalue weighted by atomic mass is 9.77. The first-order chi connectivity index (χ1) is 19.4. The van der Waals surface area contributed by atoms with E-state index in [0.717, 1.165) is 65.6 Å². The van der Waals surface area contributed by atoms with Crippen LogP contribution in [0.15, 0.2) is 77.4 Å². The molecule has 1 amide bonds. The molecule has 40 heavy (non-hydrogen) atoms. The monoisotopic (exact) mass is 546 g/mol. The van der Waals surface area contributed by atoms with Crippen LogP contribution in [0.4, 0.5) is 8.78 Å². The second-order valence-corrected chi connectivity index (χ2v) is 9.56. The van der Waals surface area contributed by atoms with Gasteiger partial charge in [-0.3, -0.25) is 4.79 Å². The quantitative estimate of drug-likeness (QED) is 0.342. The molecular weight excluding hydrogens is 518 g/mol. The van der Waals surface area contributed by atoms with Crippen LogP contribution < -0.4 is 9.47 Å². The van der Waals surface area contributed by atoms with Crippen molar-refractivity contribution < 1.29 is 32.6 Å². The fraction of sp³-hybridized carbons (Fsp3) is 0.258. The largest absolute Gasteiger partial charge is 0.497 e. The summed E-state index contributed by atoms with van der Waals surface area (Å²) in [5.74, 6) is -2.64. The molecule has 1 fully saturated rings. The zero-order valence-electron chi connectivity index (χ0n) is 22.1. The van der Waals surface area contributed by atoms with Crippen LogP contribution in [0, 0.1) is 17.6 Å². The molecule has 0 aromatic heterocycles. The Labute approximate surface area is 230 Å². The number of methoxy groups -OCH3 is 2. The fourth-order valence-electron chi connectivity index (χ4n) is 5.20. The van der Waals surface area contributed by atoms with Gasteiger partial charge in [0.1, 0.15) is 28.7 Å². The van der Waals surface area contributed by atoms with E-state index in [9.17, 15) is 18.4 Å². The molecule has 2 unspecified atom stereocenters. The zero-order chi connectivity index (χ0) is 28.2. The van der Waals surface area contributed by atoms with Crippen LogP contribution in [-0.2, 0) is 9.53 Å². The van der Waals surface area contributed by atoms with Crippen molar-refractivity contribution in [1.29, 1.82) is 0 Å². The van der Waals surface area contributed by atoms with Crippen molar-refractivity contribution >= 4 is 23.7 Å². The highest BCUT2D eigenvalue weighted by Crippen LogP contribution is 2.44. The highest BCUT2D eigenvalue weighted by molar-refractivity contribution is 6.08. The molecule has 1 heterocycles. The van der Waals surface area contributed by atoms with Crippen LogP contribution in [-0.4, -0.2) is 43.4 Å². The van der Waals surface area contributed by atoms with Gasteiger partial charge in [-0.1, -0.05) is 30.3 Å². The van der Waals surface area contributed by atoms with Gasteiger partial charge < -0.3 is 14.2 Å². The van der Waals surface area contributed by atoms with Crippen molar-refractivity contribution in [1.82, 2.24) is 5.01 Å². The number of ether oxygens (including phenoxy) is 3. The van der Waals surface area contributed by atoms with Gasteiger partial charge in [-0.2, -0.15) is 5.10 Å². The molecule has 0 bridgehead atoms. The van der Waals surface area contributed by atoms with Crippen molar-refractivity contribution in [3.8, 4) is 11.5 Å². The molecule has 7 nitrogen and oxygen atoms in total. The van der Waals surface area contributed by atoms with Gasteiger partial charge in [-0.25, -0.2) is 18.6 Å². The average Bonchev–Trinajstić information content (AvgIpc) is 3.37. The molecule has 1 aliphatic carbocycles. The lowest BCUT2D eigenvalue weighted by Crippen LogP contribution is -2.34. The minimum atomic E-state index is -1.26. The summed E-state index contributed by atoms with van der Waals surface area (Å²) in [6.07, 6.45) is 4.56. The average molecular weight is 547 g/mol. The second kappa shape index (κ2) is 11.7. The summed E-state index contributed by atoms with van der Waals surface area (Å²) in [5, 5.41) is 6.08. The number of halogens is 2. The summed E-state index contributed by atoms with van der Waals surface area (Å²) in [6, 6.07) is 17.7. The number of hydrogen-bond acceptors (Lipinski definition) is 6. The number of fused-ring (bicyclic) bond motifs is 1. The Morgan fingerprint density at radius 3 is 2.20 bits per heavy atom. The Hall–Kier alpha value is -4.53. The van der Waals surface area contributed by atoms with E-state index in [1.165, 1.54) is 5.01 Å². The third-order valence-corrected chi connectivity index (χ3v) is 7.16. The molecule has 0 saturated heterocycles. The number of rotatable bonds is 7. The Morgan fingerprint density at radius 2 is 1.57 bits per heavy atom. The number of hydrogen-bond donors (Lipinski definition) is 0. The van der Waals surface area contributed by atoms with E-state index < -0.39 is 41.7 Å². The van der Waals surface area contributed by atoms with E-state index >= 15 is 0 Å². The summed E-state index contributed by atoms with van der Waals surface area (Å²) in [4.78, 5) is 25.9. The summed E-state index contributed by atoms with van der Waals surface area (Å²) in [6.45, 7) is -0.722. The SMILES string of the molecule is COc1ccc(/C=C2\CCCC3C2=NN(C(=O)COC(=O)c2c(F)cccc2F)C3c2ccc(OC)cc2)cc1. The number of esters is 1. The number of nitrogens with zero attached hydrogens (tertiary/aromatic N) is 2. The number of carbonyl (C=O) groups excluding carboxylic acids is 2. The van der Waals surface area contributed by atoms with Gasteiger partial charge >= 0.3 is 5.97 Å². The molecule has 0 N–H and O–H groups in total. The van der Waals surface area contributed by atoms with Crippen LogP contribution in [0.3, 0.4) is 0 Å². The van der Waals surface area contributed by atoms with E-state index in [0.29, 0.717) is 5.75 Å². The van der Waals surface area contributed by atoms with Crippen molar-refractivity contribution in [2.45, 2.75) is 25.3 Å². The normalized spacial score (nSPS) is 19.1. The van der Waals surface area contributed by atoms with Gasteiger partial charge in [0, 0.05) is 5.92 Å². The van der Waals surface area contributed by atoms with Crippen LogP contribution in [0.1, 0.15) is 46.8 Å². The second-order valence-electron chi connectivity index (χ2n) is 9.56. The molecule has 0 radical (unpaired) electrons. The topological polar surface area (TPSA) is 77.4 Å². The van der Waals surface area contributed by atoms with Gasteiger partial charge in [0.2, 0.25) is 0 Å². The number of amides is 1. The highest BCUT2D eigenvalue weighted by Gasteiger charge is 2.44. The van der Waals surface area contributed by atoms with Gasteiger partial charge in [0.15, 0.2) is 6.61 Å². The molecule has 206 valence electrons. The van der Waals surface area contributed by atoms with E-state index in [-0.39, 0.29) is 5.92 Å². The highest BCUT2D eigenvalue weighted by atomic mass is 19.1. The van der Waals surface area contributed by atoms with Crippen molar-refractivity contribution in [3.05, 3.63) is 101 Å². The molecule has 9 heteroatoms. The summed E-state index contributed by atoms with van der Waals surface area (Å²) >= 11 is 0. The molecular formula is C31H28F2N2O5. The van der Waals surface area contributed by atoms with Crippen molar-refractivity contribution in [3.63, 3.8) is 0 Å². The Balaban J connectivity index is 1.44. The van der Waals surface area contributed by atoms with Crippen LogP contribution in [0.25, 0.3) is 6.08 Å². The molecule has 5 rings (SSSR count). The third-order valence-electron chi connectivity index (χ3n) is 7.16. The first-order valence-corrected chi connectivity index (χ1v) is 12.9. The molecule has 0 spiro atoms. The maximum absolute atomic E-state index is 14.1. The first-order valence-electron chi connectivity index (χ1n) is 12.9. The predicted octanol–water partition coefficient (Wildman–Crippen LogP) is 5.96. The molecule has 1 aliphatic heterocycles. The molecule has 2 atom stereocenters. The van der Waals surface area contributed by atoms with Crippen molar-refractivity contribution in [2.75, 3.05) is 20.8 Å². The summed E-state index contributed by atoms with van der Waals surface area (Å²) < 4.78 is 43.7. The number of hydrazone groups is 1. The van der Waals surface area contributed by atoms with E-state index in [4.69, 9.17) is 19.3 Å². The maximum Gasteiger partial charge on any atom is 0.344 e. The van der Waals surface area contributed by atoms with Crippen LogP contribution >= 0.6 is 0 Å². The lowest BCUT2D eigenvalue weighted by molar-refractivity contribution is -0.137. The first kappa shape index (κ1) is 27.1. The Kier molecular flexibility index (Phi) is 7.91. The summed E-state index contributed by atoms with van der Waals surface area (Å²) in [7, 11) is 3.19. The zero-order valence-corrected chi connectivity index (χ0v) is 22.1. The number of allylic oxidation sites excluding steroid dienone is 1. The minimum absolute atomic E-state index is 0.0877. The van der Waals surface area contributed by atoms with Gasteiger partial charge in [-0.05, 0) is 78.4 Å². The molecule has 3 aromatic carbocycles. The number of carbonyl (C=O) groups is 2. The number of benzene rings is 3. The molecule has 3 aromatic rings. The Morgan fingerprint density at radius 1 is 0.950 bits per heavy atom. The predicted molar refractivity (Wildman–Crippen MR) is 145 cm³/mol. The maximum atomic E-state index is 14.1. The van der Waals surface area contributed by atoms with Gasteiger partial charge in [0.25, 0.3) is 5.91 Å². The third kappa shape index (κ3) is 5.45. The van der Waals surface area contributed by atoms with E-state index in [2.05, 4.69) is 6.08 Å². The molecule has 2 aliphatic rings. The Bertz CT molecular complexity index is 1450. The van der Waals surface area contributed by atoms with E-state index in [1.807, 2.05) is 48.5 Å². The van der Waals surface area contributed by atoms with Crippen LogP contribution in [0.2, 0.25) is 0 Å². The smallest absolute Gasteiger partial charge is 0.344 e. The minimum Gasteiger partial charge on any atom is -0.497 e. The summed E-state index contributed by atoms with van der Waals surface area (Å²) in [5.41, 5.74) is 2.79. The van der Waals surface area contributed by atoms with Crippen molar-refractivity contribution in [2.24, 2.45) is 11.0 Å². The standard InChI is InChI=1S/C31H28F2N2O5/c1-38-22-13-9-19(10-14-22)17-21-5-3-6-24-29(21)34-35(30(24)20-11-15-23(39-2)16-12-20)27(36)18-40-31(37)28-25(32)7-4-8-26(28)33/h4,7-17,24,30H,3,5-6,18H2,1-2H3/b21-17+.